The highest BCUT2D eigenvalue weighted by Gasteiger charge is 2.34. The molecule has 2 aliphatic rings. The highest BCUT2D eigenvalue weighted by atomic mass is 35.5. The zero-order chi connectivity index (χ0) is 23.8. The standard InChI is InChI=1S/C24H18ClF2N3O4/c25-23-15(2-1-5-28-23)14-3-4-20(18(27)6-14)33-11-13-9-30(10-13)24(32)16-7-19-21(8-17(16)26)34-12-22(31)29-19/h1-8,13H,9-12H2,(H,29,31). The first-order chi connectivity index (χ1) is 16.4. The van der Waals surface area contributed by atoms with E-state index in [0.717, 1.165) is 6.07 Å². The van der Waals surface area contributed by atoms with E-state index in [1.54, 1.807) is 24.4 Å². The van der Waals surface area contributed by atoms with Gasteiger partial charge in [0.2, 0.25) is 0 Å². The molecule has 0 bridgehead atoms. The molecule has 5 rings (SSSR count). The number of ether oxygens (including phenoxy) is 2. The maximum atomic E-state index is 14.5. The van der Waals surface area contributed by atoms with E-state index in [2.05, 4.69) is 10.3 Å². The molecule has 0 aliphatic carbocycles. The lowest BCUT2D eigenvalue weighted by Crippen LogP contribution is -2.52. The average molecular weight is 486 g/mol. The maximum Gasteiger partial charge on any atom is 0.262 e. The molecule has 3 aromatic rings. The summed E-state index contributed by atoms with van der Waals surface area (Å²) in [5, 5.41) is 2.84. The highest BCUT2D eigenvalue weighted by molar-refractivity contribution is 6.32. The summed E-state index contributed by atoms with van der Waals surface area (Å²) in [6.45, 7) is 0.671. The molecule has 3 heterocycles. The Hall–Kier alpha value is -3.72. The van der Waals surface area contributed by atoms with Gasteiger partial charge in [-0.3, -0.25) is 9.59 Å². The second-order valence-electron chi connectivity index (χ2n) is 8.04. The first-order valence-corrected chi connectivity index (χ1v) is 10.9. The summed E-state index contributed by atoms with van der Waals surface area (Å²) in [5.74, 6) is -1.89. The van der Waals surface area contributed by atoms with Gasteiger partial charge in [-0.15, -0.1) is 0 Å². The highest BCUT2D eigenvalue weighted by Crippen LogP contribution is 2.33. The fourth-order valence-corrected chi connectivity index (χ4v) is 4.10. The van der Waals surface area contributed by atoms with E-state index in [-0.39, 0.29) is 52.9 Å². The lowest BCUT2D eigenvalue weighted by atomic mass is 9.99. The van der Waals surface area contributed by atoms with E-state index < -0.39 is 17.5 Å². The number of carbonyl (C=O) groups is 2. The van der Waals surface area contributed by atoms with E-state index in [0.29, 0.717) is 24.2 Å². The van der Waals surface area contributed by atoms with E-state index in [4.69, 9.17) is 21.1 Å². The third-order valence-corrected chi connectivity index (χ3v) is 5.95. The predicted octanol–water partition coefficient (Wildman–Crippen LogP) is 4.16. The minimum atomic E-state index is -0.726. The van der Waals surface area contributed by atoms with E-state index in [9.17, 15) is 18.4 Å². The summed E-state index contributed by atoms with van der Waals surface area (Å²) in [6, 6.07) is 10.4. The third-order valence-electron chi connectivity index (χ3n) is 5.65. The Kier molecular flexibility index (Phi) is 5.79. The van der Waals surface area contributed by atoms with Gasteiger partial charge in [0, 0.05) is 36.8 Å². The van der Waals surface area contributed by atoms with Crippen molar-refractivity contribution in [3.05, 3.63) is 71.0 Å². The molecule has 1 fully saturated rings. The first kappa shape index (κ1) is 22.1. The zero-order valence-corrected chi connectivity index (χ0v) is 18.4. The monoisotopic (exact) mass is 485 g/mol. The van der Waals surface area contributed by atoms with Gasteiger partial charge in [-0.2, -0.15) is 0 Å². The molecule has 0 radical (unpaired) electrons. The van der Waals surface area contributed by atoms with Crippen LogP contribution >= 0.6 is 11.6 Å². The Morgan fingerprint density at radius 1 is 1.21 bits per heavy atom. The van der Waals surface area contributed by atoms with Gasteiger partial charge >= 0.3 is 0 Å². The minimum Gasteiger partial charge on any atom is -0.490 e. The van der Waals surface area contributed by atoms with Crippen molar-refractivity contribution in [1.82, 2.24) is 9.88 Å². The average Bonchev–Trinajstić information content (AvgIpc) is 2.79. The summed E-state index contributed by atoms with van der Waals surface area (Å²) in [6.07, 6.45) is 1.55. The lowest BCUT2D eigenvalue weighted by Gasteiger charge is -2.39. The van der Waals surface area contributed by atoms with Crippen molar-refractivity contribution in [1.29, 1.82) is 0 Å². The molecule has 1 aromatic heterocycles. The number of likely N-dealkylation sites (tertiary alicyclic amines) is 1. The van der Waals surface area contributed by atoms with Gasteiger partial charge < -0.3 is 19.7 Å². The Labute approximate surface area is 198 Å². The van der Waals surface area contributed by atoms with Crippen LogP contribution in [0.4, 0.5) is 14.5 Å². The molecular formula is C24H18ClF2N3O4. The topological polar surface area (TPSA) is 80.8 Å². The first-order valence-electron chi connectivity index (χ1n) is 10.5. The molecule has 0 unspecified atom stereocenters. The predicted molar refractivity (Wildman–Crippen MR) is 120 cm³/mol. The van der Waals surface area contributed by atoms with Crippen LogP contribution in [0.2, 0.25) is 5.15 Å². The molecule has 0 saturated carbocycles. The number of aromatic nitrogens is 1. The maximum absolute atomic E-state index is 14.5. The summed E-state index contributed by atoms with van der Waals surface area (Å²) in [7, 11) is 0. The van der Waals surface area contributed by atoms with Crippen LogP contribution < -0.4 is 14.8 Å². The molecule has 1 N–H and O–H groups in total. The fourth-order valence-electron chi connectivity index (χ4n) is 3.87. The summed E-state index contributed by atoms with van der Waals surface area (Å²) in [5.41, 5.74) is 1.30. The molecule has 2 amide bonds. The van der Waals surface area contributed by atoms with Crippen molar-refractivity contribution >= 4 is 29.1 Å². The number of benzene rings is 2. The molecule has 0 atom stereocenters. The van der Waals surface area contributed by atoms with Crippen LogP contribution in [0.25, 0.3) is 11.1 Å². The smallest absolute Gasteiger partial charge is 0.262 e. The summed E-state index contributed by atoms with van der Waals surface area (Å²) >= 11 is 6.07. The van der Waals surface area contributed by atoms with Crippen molar-refractivity contribution in [2.45, 2.75) is 0 Å². The number of halogens is 3. The van der Waals surface area contributed by atoms with Gasteiger partial charge in [-0.1, -0.05) is 17.7 Å². The molecule has 174 valence electrons. The molecule has 2 aromatic carbocycles. The fraction of sp³-hybridized carbons (Fsp3) is 0.208. The number of amides is 2. The van der Waals surface area contributed by atoms with Crippen molar-refractivity contribution in [2.24, 2.45) is 5.92 Å². The molecule has 7 nitrogen and oxygen atoms in total. The number of hydrogen-bond acceptors (Lipinski definition) is 5. The largest absolute Gasteiger partial charge is 0.490 e. The summed E-state index contributed by atoms with van der Waals surface area (Å²) < 4.78 is 39.7. The van der Waals surface area contributed by atoms with Crippen LogP contribution in [0, 0.1) is 17.6 Å². The number of fused-ring (bicyclic) bond motifs is 1. The molecule has 1 saturated heterocycles. The van der Waals surface area contributed by atoms with Crippen LogP contribution in [-0.4, -0.2) is 48.0 Å². The molecule has 10 heteroatoms. The van der Waals surface area contributed by atoms with E-state index in [1.165, 1.54) is 23.1 Å². The second kappa shape index (κ2) is 8.90. The van der Waals surface area contributed by atoms with E-state index in [1.807, 2.05) is 0 Å². The third kappa shape index (κ3) is 4.26. The SMILES string of the molecule is O=C1COc2cc(F)c(C(=O)N3CC(COc4ccc(-c5cccnc5Cl)cc4F)C3)cc2N1. The van der Waals surface area contributed by atoms with Crippen LogP contribution in [0.15, 0.2) is 48.7 Å². The van der Waals surface area contributed by atoms with Crippen molar-refractivity contribution in [3.63, 3.8) is 0 Å². The van der Waals surface area contributed by atoms with Crippen LogP contribution in [-0.2, 0) is 4.79 Å². The van der Waals surface area contributed by atoms with Crippen molar-refractivity contribution in [2.75, 3.05) is 31.6 Å². The van der Waals surface area contributed by atoms with Gasteiger partial charge in [0.15, 0.2) is 18.2 Å². The minimum absolute atomic E-state index is 0.0282. The number of rotatable bonds is 5. The van der Waals surface area contributed by atoms with Gasteiger partial charge in [-0.25, -0.2) is 13.8 Å². The Morgan fingerprint density at radius 3 is 2.79 bits per heavy atom. The summed E-state index contributed by atoms with van der Waals surface area (Å²) in [4.78, 5) is 29.6. The van der Waals surface area contributed by atoms with Crippen LogP contribution in [0.1, 0.15) is 10.4 Å². The second-order valence-corrected chi connectivity index (χ2v) is 8.40. The van der Waals surface area contributed by atoms with Crippen LogP contribution in [0.3, 0.4) is 0 Å². The molecule has 2 aliphatic heterocycles. The number of nitrogens with one attached hydrogen (secondary N) is 1. The van der Waals surface area contributed by atoms with Crippen molar-refractivity contribution < 1.29 is 27.8 Å². The lowest BCUT2D eigenvalue weighted by molar-refractivity contribution is -0.118. The number of hydrogen-bond donors (Lipinski definition) is 1. The van der Waals surface area contributed by atoms with E-state index >= 15 is 0 Å². The number of nitrogens with zero attached hydrogens (tertiary/aromatic N) is 2. The van der Waals surface area contributed by atoms with Gasteiger partial charge in [-0.05, 0) is 35.9 Å². The van der Waals surface area contributed by atoms with Gasteiger partial charge in [0.05, 0.1) is 17.9 Å². The van der Waals surface area contributed by atoms with Crippen LogP contribution in [0.5, 0.6) is 11.5 Å². The Bertz CT molecular complexity index is 1300. The van der Waals surface area contributed by atoms with Gasteiger partial charge in [0.25, 0.3) is 11.8 Å². The Morgan fingerprint density at radius 2 is 2.03 bits per heavy atom. The quantitative estimate of drug-likeness (QED) is 0.549. The number of pyridine rings is 1. The zero-order valence-electron chi connectivity index (χ0n) is 17.7. The number of carbonyl (C=O) groups excluding carboxylic acids is 2. The molecule has 34 heavy (non-hydrogen) atoms. The molecular weight excluding hydrogens is 468 g/mol. The van der Waals surface area contributed by atoms with Gasteiger partial charge in [0.1, 0.15) is 16.7 Å². The number of anilines is 1. The normalized spacial score (nSPS) is 15.1. The van der Waals surface area contributed by atoms with Crippen molar-refractivity contribution in [3.8, 4) is 22.6 Å². The molecule has 0 spiro atoms. The Balaban J connectivity index is 1.18.